The maximum atomic E-state index is 12.5. The van der Waals surface area contributed by atoms with E-state index in [0.29, 0.717) is 23.0 Å². The lowest BCUT2D eigenvalue weighted by molar-refractivity contribution is -0.146. The average molecular weight is 436 g/mol. The average Bonchev–Trinajstić information content (AvgIpc) is 3.13. The summed E-state index contributed by atoms with van der Waals surface area (Å²) in [6.07, 6.45) is 1.66. The molecular formula is C20H25N3O4S2. The Hall–Kier alpha value is -2.26. The molecule has 7 nitrogen and oxygen atoms in total. The highest BCUT2D eigenvalue weighted by molar-refractivity contribution is 7.98. The van der Waals surface area contributed by atoms with Crippen molar-refractivity contribution in [3.8, 4) is 0 Å². The second-order valence-corrected chi connectivity index (χ2v) is 8.47. The van der Waals surface area contributed by atoms with Crippen molar-refractivity contribution >= 4 is 40.8 Å². The number of carbonyl (C=O) groups is 3. The number of Topliss-reactive ketones (excluding diaryl/α,β-unsaturated/α-hetero) is 1. The minimum absolute atomic E-state index is 0.132. The monoisotopic (exact) mass is 435 g/mol. The Bertz CT molecular complexity index is 888. The number of aryl methyl sites for hydroxylation is 2. The van der Waals surface area contributed by atoms with Gasteiger partial charge >= 0.3 is 5.97 Å². The van der Waals surface area contributed by atoms with Crippen LogP contribution in [0.5, 0.6) is 0 Å². The summed E-state index contributed by atoms with van der Waals surface area (Å²) in [6, 6.07) is 3.47. The number of nitrogens with one attached hydrogen (secondary N) is 1. The molecule has 2 heterocycles. The van der Waals surface area contributed by atoms with Gasteiger partial charge in [-0.2, -0.15) is 0 Å². The fourth-order valence-electron chi connectivity index (χ4n) is 2.72. The first-order chi connectivity index (χ1) is 13.7. The van der Waals surface area contributed by atoms with E-state index in [-0.39, 0.29) is 18.1 Å². The minimum Gasteiger partial charge on any atom is -0.454 e. The van der Waals surface area contributed by atoms with Gasteiger partial charge in [0.25, 0.3) is 0 Å². The van der Waals surface area contributed by atoms with Crippen LogP contribution in [-0.2, 0) is 27.3 Å². The second kappa shape index (κ2) is 10.5. The molecule has 1 unspecified atom stereocenters. The number of ketones is 1. The first kappa shape index (κ1) is 23.0. The van der Waals surface area contributed by atoms with Gasteiger partial charge in [0.05, 0.1) is 11.4 Å². The lowest BCUT2D eigenvalue weighted by Crippen LogP contribution is -2.24. The highest BCUT2D eigenvalue weighted by atomic mass is 32.2. The van der Waals surface area contributed by atoms with Crippen molar-refractivity contribution in [2.45, 2.75) is 58.3 Å². The molecule has 0 saturated heterocycles. The third-order valence-electron chi connectivity index (χ3n) is 4.26. The van der Waals surface area contributed by atoms with Crippen LogP contribution in [0, 0.1) is 13.8 Å². The van der Waals surface area contributed by atoms with Crippen LogP contribution in [-0.4, -0.2) is 40.0 Å². The van der Waals surface area contributed by atoms with Gasteiger partial charge in [0.1, 0.15) is 0 Å². The van der Waals surface area contributed by atoms with Crippen molar-refractivity contribution in [2.24, 2.45) is 0 Å². The Morgan fingerprint density at radius 2 is 1.86 bits per heavy atom. The van der Waals surface area contributed by atoms with E-state index in [2.05, 4.69) is 15.3 Å². The van der Waals surface area contributed by atoms with Gasteiger partial charge in [0.2, 0.25) is 11.7 Å². The lowest BCUT2D eigenvalue weighted by atomic mass is 10.1. The summed E-state index contributed by atoms with van der Waals surface area (Å²) in [6.45, 7) is 7.18. The molecule has 1 amide bonds. The van der Waals surface area contributed by atoms with Crippen molar-refractivity contribution in [3.05, 3.63) is 38.8 Å². The topological polar surface area (TPSA) is 98.2 Å². The van der Waals surface area contributed by atoms with E-state index in [9.17, 15) is 14.4 Å². The number of rotatable bonds is 9. The normalized spacial score (nSPS) is 11.8. The van der Waals surface area contributed by atoms with Crippen molar-refractivity contribution in [1.82, 2.24) is 15.3 Å². The zero-order valence-electron chi connectivity index (χ0n) is 17.2. The van der Waals surface area contributed by atoms with Gasteiger partial charge in [-0.25, -0.2) is 9.97 Å². The van der Waals surface area contributed by atoms with Crippen LogP contribution in [0.25, 0.3) is 0 Å². The summed E-state index contributed by atoms with van der Waals surface area (Å²) in [5.74, 6) is -0.821. The van der Waals surface area contributed by atoms with Crippen LogP contribution in [0.1, 0.15) is 51.8 Å². The Balaban J connectivity index is 1.90. The van der Waals surface area contributed by atoms with Gasteiger partial charge in [0, 0.05) is 29.6 Å². The summed E-state index contributed by atoms with van der Waals surface area (Å²) in [5.41, 5.74) is 2.63. The molecule has 0 radical (unpaired) electrons. The summed E-state index contributed by atoms with van der Waals surface area (Å²) >= 11 is 2.76. The zero-order valence-corrected chi connectivity index (χ0v) is 18.8. The number of hydrogen-bond donors (Lipinski definition) is 1. The summed E-state index contributed by atoms with van der Waals surface area (Å²) < 4.78 is 5.32. The first-order valence-electron chi connectivity index (χ1n) is 9.16. The summed E-state index contributed by atoms with van der Waals surface area (Å²) in [7, 11) is 0. The summed E-state index contributed by atoms with van der Waals surface area (Å²) in [4.78, 5) is 45.9. The Kier molecular flexibility index (Phi) is 8.33. The molecule has 0 fully saturated rings. The molecule has 156 valence electrons. The second-order valence-electron chi connectivity index (χ2n) is 6.53. The first-order valence-corrected chi connectivity index (χ1v) is 11.2. The highest BCUT2D eigenvalue weighted by Gasteiger charge is 2.21. The third-order valence-corrected chi connectivity index (χ3v) is 5.90. The SMILES string of the molecule is CSc1nc(C)c(CCC(=O)OC(C)C(=O)c2ccc(CNC(C)=O)s2)c(C)n1. The van der Waals surface area contributed by atoms with E-state index in [0.717, 1.165) is 21.8 Å². The number of amides is 1. The van der Waals surface area contributed by atoms with Gasteiger partial charge in [-0.1, -0.05) is 11.8 Å². The van der Waals surface area contributed by atoms with Crippen molar-refractivity contribution in [3.63, 3.8) is 0 Å². The van der Waals surface area contributed by atoms with Crippen LogP contribution in [0.2, 0.25) is 0 Å². The molecule has 0 aromatic carbocycles. The standard InChI is InChI=1S/C20H25N3O4S2/c1-11-16(12(2)23-20(22-11)28-5)7-9-18(25)27-13(3)19(26)17-8-6-15(29-17)10-21-14(4)24/h6,8,13H,7,9-10H2,1-5H3,(H,21,24). The fraction of sp³-hybridized carbons (Fsp3) is 0.450. The molecule has 0 spiro atoms. The zero-order chi connectivity index (χ0) is 21.6. The van der Waals surface area contributed by atoms with E-state index < -0.39 is 12.1 Å². The van der Waals surface area contributed by atoms with E-state index in [1.165, 1.54) is 30.0 Å². The molecule has 2 rings (SSSR count). The lowest BCUT2D eigenvalue weighted by Gasteiger charge is -2.13. The van der Waals surface area contributed by atoms with Crippen LogP contribution < -0.4 is 5.32 Å². The molecule has 29 heavy (non-hydrogen) atoms. The molecule has 1 atom stereocenters. The van der Waals surface area contributed by atoms with E-state index in [1.807, 2.05) is 20.1 Å². The van der Waals surface area contributed by atoms with Crippen molar-refractivity contribution < 1.29 is 19.1 Å². The molecule has 9 heteroatoms. The molecule has 0 aliphatic rings. The minimum atomic E-state index is -0.868. The quantitative estimate of drug-likeness (QED) is 0.279. The predicted molar refractivity (Wildman–Crippen MR) is 113 cm³/mol. The molecule has 0 aliphatic carbocycles. The van der Waals surface area contributed by atoms with Gasteiger partial charge in [-0.3, -0.25) is 14.4 Å². The largest absolute Gasteiger partial charge is 0.454 e. The number of nitrogens with zero attached hydrogens (tertiary/aromatic N) is 2. The Morgan fingerprint density at radius 3 is 2.45 bits per heavy atom. The molecular weight excluding hydrogens is 410 g/mol. The van der Waals surface area contributed by atoms with Crippen LogP contribution in [0.15, 0.2) is 17.3 Å². The number of hydrogen-bond acceptors (Lipinski definition) is 8. The number of thiophene rings is 1. The van der Waals surface area contributed by atoms with E-state index in [4.69, 9.17) is 4.74 Å². The van der Waals surface area contributed by atoms with E-state index in [1.54, 1.807) is 19.1 Å². The highest BCUT2D eigenvalue weighted by Crippen LogP contribution is 2.20. The fourth-order valence-corrected chi connectivity index (χ4v) is 4.14. The van der Waals surface area contributed by atoms with Gasteiger partial charge in [-0.15, -0.1) is 11.3 Å². The number of aromatic nitrogens is 2. The molecule has 0 saturated carbocycles. The van der Waals surface area contributed by atoms with Crippen LogP contribution in [0.3, 0.4) is 0 Å². The van der Waals surface area contributed by atoms with Crippen LogP contribution >= 0.6 is 23.1 Å². The Morgan fingerprint density at radius 1 is 1.21 bits per heavy atom. The smallest absolute Gasteiger partial charge is 0.306 e. The molecule has 0 aliphatic heterocycles. The number of thioether (sulfide) groups is 1. The third kappa shape index (κ3) is 6.64. The molecule has 0 bridgehead atoms. The van der Waals surface area contributed by atoms with Crippen molar-refractivity contribution in [1.29, 1.82) is 0 Å². The van der Waals surface area contributed by atoms with E-state index >= 15 is 0 Å². The van der Waals surface area contributed by atoms with Gasteiger partial charge in [-0.05, 0) is 51.1 Å². The van der Waals surface area contributed by atoms with Crippen LogP contribution in [0.4, 0.5) is 0 Å². The Labute approximate surface area is 178 Å². The van der Waals surface area contributed by atoms with Crippen molar-refractivity contribution in [2.75, 3.05) is 6.26 Å². The van der Waals surface area contributed by atoms with Gasteiger partial charge < -0.3 is 10.1 Å². The predicted octanol–water partition coefficient (Wildman–Crippen LogP) is 3.26. The maximum Gasteiger partial charge on any atom is 0.306 e. The molecule has 2 aromatic rings. The number of carbonyl (C=O) groups excluding carboxylic acids is 3. The maximum absolute atomic E-state index is 12.5. The number of esters is 1. The molecule has 1 N–H and O–H groups in total. The molecule has 2 aromatic heterocycles. The number of ether oxygens (including phenoxy) is 1. The van der Waals surface area contributed by atoms with Gasteiger partial charge in [0.15, 0.2) is 11.3 Å². The summed E-state index contributed by atoms with van der Waals surface area (Å²) in [5, 5.41) is 3.40.